The number of hydrogen-bond donors (Lipinski definition) is 0. The minimum atomic E-state index is -2.72. The van der Waals surface area contributed by atoms with Crippen molar-refractivity contribution in [3.63, 3.8) is 0 Å². The lowest BCUT2D eigenvalue weighted by Gasteiger charge is -2.43. The van der Waals surface area contributed by atoms with Crippen LogP contribution in [-0.4, -0.2) is 54.2 Å². The molecule has 0 N–H and O–H groups in total. The number of nitrogens with zero attached hydrogens (tertiary/aromatic N) is 3. The predicted octanol–water partition coefficient (Wildman–Crippen LogP) is 7.00. The topological polar surface area (TPSA) is 85.7 Å². The molecule has 0 heterocycles. The van der Waals surface area contributed by atoms with Crippen molar-refractivity contribution in [2.24, 2.45) is 5.11 Å². The summed E-state index contributed by atoms with van der Waals surface area (Å²) < 4.78 is 24.0. The average molecular weight is 556 g/mol. The second-order valence-electron chi connectivity index (χ2n) is 11.1. The van der Waals surface area contributed by atoms with Crippen LogP contribution in [0.1, 0.15) is 72.6 Å². The molecule has 1 unspecified atom stereocenters. The zero-order chi connectivity index (χ0) is 28.4. The fourth-order valence-corrected chi connectivity index (χ4v) is 9.65. The molecule has 0 fully saturated rings. The lowest BCUT2D eigenvalue weighted by Crippen LogP contribution is -2.67. The van der Waals surface area contributed by atoms with Crippen LogP contribution < -0.4 is 10.4 Å². The van der Waals surface area contributed by atoms with E-state index in [0.717, 1.165) is 19.3 Å². The molecular formula is C31H49N3O4Si. The van der Waals surface area contributed by atoms with E-state index >= 15 is 0 Å². The van der Waals surface area contributed by atoms with Gasteiger partial charge in [0.2, 0.25) is 0 Å². The molecule has 2 atom stereocenters. The van der Waals surface area contributed by atoms with Crippen LogP contribution in [0.4, 0.5) is 0 Å². The molecule has 7 nitrogen and oxygen atoms in total. The zero-order valence-electron chi connectivity index (χ0n) is 24.7. The zero-order valence-corrected chi connectivity index (χ0v) is 25.7. The maximum absolute atomic E-state index is 9.29. The maximum atomic E-state index is 9.29. The van der Waals surface area contributed by atoms with Gasteiger partial charge in [0.25, 0.3) is 8.32 Å². The van der Waals surface area contributed by atoms with Crippen molar-refractivity contribution in [3.05, 3.63) is 71.1 Å². The van der Waals surface area contributed by atoms with Crippen molar-refractivity contribution in [1.29, 1.82) is 0 Å². The summed E-state index contributed by atoms with van der Waals surface area (Å²) in [5, 5.41) is 6.28. The summed E-state index contributed by atoms with van der Waals surface area (Å²) in [6.45, 7) is 10.3. The Balaban J connectivity index is 2.06. The molecule has 0 aromatic heterocycles. The van der Waals surface area contributed by atoms with Gasteiger partial charge in [-0.2, -0.15) is 0 Å². The summed E-state index contributed by atoms with van der Waals surface area (Å²) in [7, 11) is -1.08. The number of rotatable bonds is 20. The Labute approximate surface area is 237 Å². The summed E-state index contributed by atoms with van der Waals surface area (Å²) >= 11 is 0. The quantitative estimate of drug-likeness (QED) is 0.0440. The van der Waals surface area contributed by atoms with Crippen LogP contribution in [-0.2, 0) is 18.6 Å². The number of hydrogen-bond acceptors (Lipinski definition) is 5. The van der Waals surface area contributed by atoms with E-state index in [2.05, 4.69) is 86.3 Å². The molecule has 0 radical (unpaired) electrons. The first-order chi connectivity index (χ1) is 18.9. The first-order valence-electron chi connectivity index (χ1n) is 14.4. The summed E-state index contributed by atoms with van der Waals surface area (Å²) in [4.78, 5) is 3.10. The van der Waals surface area contributed by atoms with E-state index in [1.54, 1.807) is 7.11 Å². The van der Waals surface area contributed by atoms with Gasteiger partial charge in [-0.25, -0.2) is 0 Å². The molecule has 2 aromatic rings. The average Bonchev–Trinajstić information content (AvgIpc) is 2.94. The number of azide groups is 1. The van der Waals surface area contributed by atoms with Gasteiger partial charge in [-0.1, -0.05) is 126 Å². The largest absolute Gasteiger partial charge is 0.407 e. The van der Waals surface area contributed by atoms with Crippen LogP contribution in [0.3, 0.4) is 0 Å². The highest BCUT2D eigenvalue weighted by Gasteiger charge is 2.50. The van der Waals surface area contributed by atoms with E-state index in [1.165, 1.54) is 36.1 Å². The Bertz CT molecular complexity index is 910. The first-order valence-corrected chi connectivity index (χ1v) is 16.3. The van der Waals surface area contributed by atoms with Crippen molar-refractivity contribution in [3.8, 4) is 0 Å². The van der Waals surface area contributed by atoms with Gasteiger partial charge in [0.15, 0.2) is 0 Å². The lowest BCUT2D eigenvalue weighted by atomic mass is 10.1. The van der Waals surface area contributed by atoms with Crippen LogP contribution in [0, 0.1) is 0 Å². The number of ether oxygens (including phenoxy) is 3. The molecule has 0 spiro atoms. The molecule has 0 bridgehead atoms. The van der Waals surface area contributed by atoms with Gasteiger partial charge < -0.3 is 18.6 Å². The summed E-state index contributed by atoms with van der Waals surface area (Å²) in [6, 6.07) is 20.5. The molecular weight excluding hydrogens is 506 g/mol. The molecule has 0 aliphatic heterocycles. The van der Waals surface area contributed by atoms with Gasteiger partial charge in [-0.3, -0.25) is 0 Å². The van der Waals surface area contributed by atoms with E-state index in [4.69, 9.17) is 18.6 Å². The Morgan fingerprint density at radius 1 is 0.872 bits per heavy atom. The molecule has 2 rings (SSSR count). The van der Waals surface area contributed by atoms with Gasteiger partial charge in [0.05, 0.1) is 18.8 Å². The highest BCUT2D eigenvalue weighted by atomic mass is 28.4. The molecule has 8 heteroatoms. The minimum Gasteiger partial charge on any atom is -0.407 e. The highest BCUT2D eigenvalue weighted by molar-refractivity contribution is 6.99. The van der Waals surface area contributed by atoms with Crippen molar-refractivity contribution < 1.29 is 18.6 Å². The Hall–Kier alpha value is -2.19. The molecule has 216 valence electrons. The monoisotopic (exact) mass is 555 g/mol. The number of unbranched alkanes of at least 4 members (excludes halogenated alkanes) is 4. The molecule has 0 aliphatic rings. The van der Waals surface area contributed by atoms with Gasteiger partial charge in [-0.05, 0) is 33.8 Å². The third-order valence-corrected chi connectivity index (χ3v) is 12.1. The van der Waals surface area contributed by atoms with Gasteiger partial charge >= 0.3 is 0 Å². The fraction of sp³-hybridized carbons (Fsp3) is 0.613. The van der Waals surface area contributed by atoms with Crippen LogP contribution in [0.15, 0.2) is 65.8 Å². The smallest absolute Gasteiger partial charge is 0.261 e. The summed E-state index contributed by atoms with van der Waals surface area (Å²) in [5.41, 5.74) is 9.29. The van der Waals surface area contributed by atoms with Crippen molar-refractivity contribution in [2.75, 3.05) is 33.7 Å². The molecule has 0 aliphatic carbocycles. The summed E-state index contributed by atoms with van der Waals surface area (Å²) in [6.07, 6.45) is 8.01. The van der Waals surface area contributed by atoms with Gasteiger partial charge in [0.1, 0.15) is 6.79 Å². The lowest BCUT2D eigenvalue weighted by molar-refractivity contribution is -0.0835. The van der Waals surface area contributed by atoms with Crippen molar-refractivity contribution in [1.82, 2.24) is 0 Å². The van der Waals surface area contributed by atoms with Crippen LogP contribution >= 0.6 is 0 Å². The third-order valence-electron chi connectivity index (χ3n) is 7.07. The standard InChI is InChI=1S/C31H49N3O4Si/c1-6-7-8-9-12-17-28(37-26-35-5)22-23-36-24-27(33-34-32)25-38-39(31(2,3)4,29-18-13-10-14-19-29)30-20-15-11-16-21-30/h10-11,13-16,18-21,27-28H,6-9,12,17,22-26H2,1-5H3/t27?,28-/m1/s1. The SMILES string of the molecule is CCCCCCC[C@H](CCOCC(CO[Si](c1ccccc1)(c1ccccc1)C(C)(C)C)N=[N+]=[N-])OCOC. The number of benzene rings is 2. The van der Waals surface area contributed by atoms with Crippen molar-refractivity contribution in [2.45, 2.75) is 89.8 Å². The maximum Gasteiger partial charge on any atom is 0.261 e. The highest BCUT2D eigenvalue weighted by Crippen LogP contribution is 2.36. The van der Waals surface area contributed by atoms with Gasteiger partial charge in [-0.15, -0.1) is 0 Å². The second kappa shape index (κ2) is 18.2. The Morgan fingerprint density at radius 2 is 1.49 bits per heavy atom. The molecule has 0 saturated heterocycles. The number of methoxy groups -OCH3 is 1. The molecule has 0 amide bonds. The molecule has 0 saturated carbocycles. The second-order valence-corrected chi connectivity index (χ2v) is 15.4. The van der Waals surface area contributed by atoms with E-state index in [1.807, 2.05) is 12.1 Å². The Kier molecular flexibility index (Phi) is 15.4. The first kappa shape index (κ1) is 33.0. The van der Waals surface area contributed by atoms with Crippen LogP contribution in [0.2, 0.25) is 5.04 Å². The fourth-order valence-electron chi connectivity index (χ4n) is 5.06. The van der Waals surface area contributed by atoms with E-state index in [-0.39, 0.29) is 17.9 Å². The van der Waals surface area contributed by atoms with Gasteiger partial charge in [0, 0.05) is 25.2 Å². The minimum absolute atomic E-state index is 0.0952. The van der Waals surface area contributed by atoms with E-state index < -0.39 is 14.4 Å². The van der Waals surface area contributed by atoms with Crippen LogP contribution in [0.25, 0.3) is 10.4 Å². The summed E-state index contributed by atoms with van der Waals surface area (Å²) in [5.74, 6) is 0. The normalized spacial score (nSPS) is 13.6. The molecule has 2 aromatic carbocycles. The van der Waals surface area contributed by atoms with E-state index in [9.17, 15) is 5.53 Å². The van der Waals surface area contributed by atoms with Crippen molar-refractivity contribution >= 4 is 18.7 Å². The predicted molar refractivity (Wildman–Crippen MR) is 162 cm³/mol. The van der Waals surface area contributed by atoms with Crippen LogP contribution in [0.5, 0.6) is 0 Å². The van der Waals surface area contributed by atoms with E-state index in [0.29, 0.717) is 19.8 Å². The Morgan fingerprint density at radius 3 is 2.03 bits per heavy atom. The third kappa shape index (κ3) is 10.7. The molecule has 39 heavy (non-hydrogen) atoms.